The second kappa shape index (κ2) is 6.43. The van der Waals surface area contributed by atoms with Gasteiger partial charge >= 0.3 is 5.97 Å². The van der Waals surface area contributed by atoms with E-state index in [1.807, 2.05) is 41.1 Å². The molecule has 1 atom stereocenters. The lowest BCUT2D eigenvalue weighted by atomic mass is 10.1. The van der Waals surface area contributed by atoms with E-state index >= 15 is 0 Å². The van der Waals surface area contributed by atoms with E-state index in [4.69, 9.17) is 5.11 Å². The van der Waals surface area contributed by atoms with Crippen LogP contribution in [0.4, 0.5) is 0 Å². The van der Waals surface area contributed by atoms with Crippen LogP contribution in [0.3, 0.4) is 0 Å². The van der Waals surface area contributed by atoms with E-state index in [2.05, 4.69) is 0 Å². The fourth-order valence-electron chi connectivity index (χ4n) is 2.33. The molecule has 0 fully saturated rings. The maximum absolute atomic E-state index is 12.1. The maximum atomic E-state index is 12.1. The molecule has 1 N–H and O–H groups in total. The quantitative estimate of drug-likeness (QED) is 0.886. The van der Waals surface area contributed by atoms with Gasteiger partial charge in [-0.1, -0.05) is 25.1 Å². The molecule has 1 unspecified atom stereocenters. The van der Waals surface area contributed by atoms with Crippen LogP contribution in [-0.2, 0) is 16.1 Å². The second-order valence-electron chi connectivity index (χ2n) is 5.33. The summed E-state index contributed by atoms with van der Waals surface area (Å²) in [7, 11) is 1.65. The number of carboxylic acids is 1. The van der Waals surface area contributed by atoms with Crippen LogP contribution in [0.15, 0.2) is 36.5 Å². The number of rotatable bonds is 6. The number of aliphatic carboxylic acids is 1. The van der Waals surface area contributed by atoms with Crippen molar-refractivity contribution in [2.24, 2.45) is 5.92 Å². The zero-order chi connectivity index (χ0) is 15.4. The Morgan fingerprint density at radius 3 is 2.71 bits per heavy atom. The van der Waals surface area contributed by atoms with E-state index in [9.17, 15) is 9.59 Å². The molecule has 112 valence electrons. The zero-order valence-electron chi connectivity index (χ0n) is 12.3. The van der Waals surface area contributed by atoms with E-state index in [0.717, 1.165) is 10.9 Å². The number of amides is 1. The Morgan fingerprint density at radius 2 is 2.00 bits per heavy atom. The van der Waals surface area contributed by atoms with Gasteiger partial charge in [0.15, 0.2) is 0 Å². The van der Waals surface area contributed by atoms with E-state index in [1.54, 1.807) is 14.0 Å². The molecular formula is C16H20N2O3. The average molecular weight is 288 g/mol. The van der Waals surface area contributed by atoms with Gasteiger partial charge in [-0.15, -0.1) is 0 Å². The average Bonchev–Trinajstić information content (AvgIpc) is 2.87. The lowest BCUT2D eigenvalue weighted by Crippen LogP contribution is -2.34. The van der Waals surface area contributed by atoms with Crippen LogP contribution in [0.1, 0.15) is 13.3 Å². The summed E-state index contributed by atoms with van der Waals surface area (Å²) in [6.45, 7) is 2.43. The first-order valence-corrected chi connectivity index (χ1v) is 6.99. The summed E-state index contributed by atoms with van der Waals surface area (Å²) in [5.74, 6) is -1.47. The first-order valence-electron chi connectivity index (χ1n) is 6.99. The number of fused-ring (bicyclic) bond motifs is 1. The van der Waals surface area contributed by atoms with E-state index in [0.29, 0.717) is 13.0 Å². The van der Waals surface area contributed by atoms with E-state index in [-0.39, 0.29) is 12.5 Å². The largest absolute Gasteiger partial charge is 0.481 e. The molecule has 0 saturated heterocycles. The number of carboxylic acid groups (broad SMARTS) is 1. The summed E-state index contributed by atoms with van der Waals surface area (Å²) in [4.78, 5) is 24.3. The Labute approximate surface area is 123 Å². The van der Waals surface area contributed by atoms with E-state index in [1.165, 1.54) is 4.90 Å². The van der Waals surface area contributed by atoms with Gasteiger partial charge in [0.1, 0.15) is 0 Å². The molecule has 0 aliphatic rings. The molecular weight excluding hydrogens is 268 g/mol. The summed E-state index contributed by atoms with van der Waals surface area (Å²) in [5.41, 5.74) is 1.10. The molecule has 0 spiro atoms. The lowest BCUT2D eigenvalue weighted by Gasteiger charge is -2.19. The molecule has 1 aromatic carbocycles. The molecule has 21 heavy (non-hydrogen) atoms. The van der Waals surface area contributed by atoms with Crippen molar-refractivity contribution in [3.63, 3.8) is 0 Å². The number of carbonyl (C=O) groups excluding carboxylic acids is 1. The summed E-state index contributed by atoms with van der Waals surface area (Å²) >= 11 is 0. The highest BCUT2D eigenvalue weighted by Crippen LogP contribution is 2.15. The Balaban J connectivity index is 1.93. The van der Waals surface area contributed by atoms with Gasteiger partial charge in [-0.2, -0.15) is 0 Å². The first-order chi connectivity index (χ1) is 9.99. The highest BCUT2D eigenvalue weighted by atomic mass is 16.4. The minimum Gasteiger partial charge on any atom is -0.481 e. The fraction of sp³-hybridized carbons (Fsp3) is 0.375. The Morgan fingerprint density at radius 1 is 1.29 bits per heavy atom. The molecule has 2 aromatic rings. The minimum atomic E-state index is -0.883. The van der Waals surface area contributed by atoms with Crippen LogP contribution < -0.4 is 0 Å². The number of nitrogens with zero attached hydrogens (tertiary/aromatic N) is 2. The highest BCUT2D eigenvalue weighted by Gasteiger charge is 2.17. The Hall–Kier alpha value is -2.30. The molecule has 0 saturated carbocycles. The van der Waals surface area contributed by atoms with Gasteiger partial charge in [0, 0.05) is 38.3 Å². The van der Waals surface area contributed by atoms with Crippen molar-refractivity contribution in [1.29, 1.82) is 0 Å². The third kappa shape index (κ3) is 3.62. The predicted octanol–water partition coefficient (Wildman–Crippen LogP) is 2.21. The normalized spacial score (nSPS) is 12.3. The second-order valence-corrected chi connectivity index (χ2v) is 5.33. The molecule has 1 aromatic heterocycles. The number of para-hydroxylation sites is 1. The Bertz CT molecular complexity index is 648. The van der Waals surface area contributed by atoms with Crippen molar-refractivity contribution >= 4 is 22.8 Å². The van der Waals surface area contributed by atoms with Crippen LogP contribution >= 0.6 is 0 Å². The van der Waals surface area contributed by atoms with Gasteiger partial charge in [0.05, 0.1) is 5.92 Å². The summed E-state index contributed by atoms with van der Waals surface area (Å²) in [6.07, 6.45) is 2.33. The smallest absolute Gasteiger partial charge is 0.308 e. The molecule has 5 heteroatoms. The molecule has 0 radical (unpaired) electrons. The number of aromatic nitrogens is 1. The summed E-state index contributed by atoms with van der Waals surface area (Å²) in [6, 6.07) is 10.0. The van der Waals surface area contributed by atoms with Crippen LogP contribution in [0.5, 0.6) is 0 Å². The predicted molar refractivity (Wildman–Crippen MR) is 81.0 cm³/mol. The van der Waals surface area contributed by atoms with Gasteiger partial charge in [-0.05, 0) is 17.5 Å². The topological polar surface area (TPSA) is 62.5 Å². The molecule has 0 bridgehead atoms. The third-order valence-corrected chi connectivity index (χ3v) is 3.64. The minimum absolute atomic E-state index is 0.0409. The van der Waals surface area contributed by atoms with Crippen molar-refractivity contribution in [3.05, 3.63) is 36.5 Å². The fourth-order valence-corrected chi connectivity index (χ4v) is 2.33. The van der Waals surface area contributed by atoms with Gasteiger partial charge < -0.3 is 14.6 Å². The molecule has 0 aliphatic carbocycles. The van der Waals surface area contributed by atoms with Gasteiger partial charge in [0.2, 0.25) is 5.91 Å². The molecule has 0 aliphatic heterocycles. The number of hydrogen-bond acceptors (Lipinski definition) is 2. The van der Waals surface area contributed by atoms with Gasteiger partial charge in [0.25, 0.3) is 0 Å². The summed E-state index contributed by atoms with van der Waals surface area (Å²) in [5, 5.41) is 10.0. The number of hydrogen-bond donors (Lipinski definition) is 1. The lowest BCUT2D eigenvalue weighted by molar-refractivity contribution is -0.142. The zero-order valence-corrected chi connectivity index (χ0v) is 12.3. The van der Waals surface area contributed by atoms with Gasteiger partial charge in [-0.3, -0.25) is 9.59 Å². The van der Waals surface area contributed by atoms with Crippen LogP contribution in [0.2, 0.25) is 0 Å². The standard InChI is InChI=1S/C16H20N2O3/c1-12(16(20)21)11-17(2)15(19)8-10-18-9-7-13-5-3-4-6-14(13)18/h3-7,9,12H,8,10-11H2,1-2H3,(H,20,21). The van der Waals surface area contributed by atoms with Crippen LogP contribution in [-0.4, -0.2) is 40.0 Å². The number of benzene rings is 1. The third-order valence-electron chi connectivity index (χ3n) is 3.64. The monoisotopic (exact) mass is 288 g/mol. The van der Waals surface area contributed by atoms with Crippen molar-refractivity contribution in [3.8, 4) is 0 Å². The van der Waals surface area contributed by atoms with Crippen molar-refractivity contribution in [2.75, 3.05) is 13.6 Å². The van der Waals surface area contributed by atoms with Crippen molar-refractivity contribution in [2.45, 2.75) is 19.9 Å². The van der Waals surface area contributed by atoms with Crippen molar-refractivity contribution in [1.82, 2.24) is 9.47 Å². The first kappa shape index (κ1) is 15.1. The Kier molecular flexibility index (Phi) is 4.62. The SMILES string of the molecule is CC(CN(C)C(=O)CCn1ccc2ccccc21)C(=O)O. The van der Waals surface area contributed by atoms with Crippen LogP contribution in [0, 0.1) is 5.92 Å². The molecule has 1 amide bonds. The van der Waals surface area contributed by atoms with E-state index < -0.39 is 11.9 Å². The molecule has 2 rings (SSSR count). The molecule has 1 heterocycles. The highest BCUT2D eigenvalue weighted by molar-refractivity contribution is 5.80. The summed E-state index contributed by atoms with van der Waals surface area (Å²) < 4.78 is 2.04. The van der Waals surface area contributed by atoms with Crippen molar-refractivity contribution < 1.29 is 14.7 Å². The number of aryl methyl sites for hydroxylation is 1. The number of carbonyl (C=O) groups is 2. The van der Waals surface area contributed by atoms with Crippen LogP contribution in [0.25, 0.3) is 10.9 Å². The maximum Gasteiger partial charge on any atom is 0.308 e. The molecule has 5 nitrogen and oxygen atoms in total. The van der Waals surface area contributed by atoms with Gasteiger partial charge in [-0.25, -0.2) is 0 Å².